The zero-order valence-corrected chi connectivity index (χ0v) is 6.14. The Morgan fingerprint density at radius 1 is 1.42 bits per heavy atom. The Hall–Kier alpha value is -0.935. The Kier molecular flexibility index (Phi) is 1.46. The minimum absolute atomic E-state index is 0.136. The number of halogens is 3. The third-order valence-electron chi connectivity index (χ3n) is 1.79. The molecule has 0 bridgehead atoms. The Balaban J connectivity index is 2.23. The SMILES string of the molecule is F[B-](F)(F)c1cnc(C2CC2)o1. The molecule has 12 heavy (non-hydrogen) atoms. The largest absolute Gasteiger partial charge is 0.546 e. The second-order valence-electron chi connectivity index (χ2n) is 2.95. The molecule has 0 radical (unpaired) electrons. The lowest BCUT2D eigenvalue weighted by Gasteiger charge is -2.08. The second-order valence-corrected chi connectivity index (χ2v) is 2.95. The molecule has 1 heterocycles. The Morgan fingerprint density at radius 2 is 2.08 bits per heavy atom. The third kappa shape index (κ3) is 1.33. The summed E-state index contributed by atoms with van der Waals surface area (Å²) in [4.78, 5) is 3.57. The van der Waals surface area contributed by atoms with Crippen molar-refractivity contribution in [3.63, 3.8) is 0 Å². The predicted molar refractivity (Wildman–Crippen MR) is 37.2 cm³/mol. The van der Waals surface area contributed by atoms with Crippen LogP contribution in [0.2, 0.25) is 0 Å². The fourth-order valence-electron chi connectivity index (χ4n) is 0.971. The van der Waals surface area contributed by atoms with E-state index in [4.69, 9.17) is 0 Å². The Morgan fingerprint density at radius 3 is 2.50 bits per heavy atom. The minimum atomic E-state index is -5.01. The highest BCUT2D eigenvalue weighted by Gasteiger charge is 2.34. The van der Waals surface area contributed by atoms with Gasteiger partial charge in [-0.25, -0.2) is 4.98 Å². The average Bonchev–Trinajstić information content (AvgIpc) is 2.66. The van der Waals surface area contributed by atoms with Gasteiger partial charge in [0.2, 0.25) is 0 Å². The highest BCUT2D eigenvalue weighted by molar-refractivity contribution is 6.72. The molecule has 1 aliphatic carbocycles. The van der Waals surface area contributed by atoms with Gasteiger partial charge in [-0.15, -0.1) is 0 Å². The fraction of sp³-hybridized carbons (Fsp3) is 0.500. The molecular formula is C6H6BF3NO-. The van der Waals surface area contributed by atoms with Crippen molar-refractivity contribution in [2.75, 3.05) is 0 Å². The lowest BCUT2D eigenvalue weighted by atomic mass is 9.89. The number of oxazole rings is 1. The van der Waals surface area contributed by atoms with E-state index < -0.39 is 12.6 Å². The highest BCUT2D eigenvalue weighted by Crippen LogP contribution is 2.38. The normalized spacial score (nSPS) is 18.2. The first-order valence-electron chi connectivity index (χ1n) is 3.73. The lowest BCUT2D eigenvalue weighted by Crippen LogP contribution is -2.32. The number of hydrogen-bond donors (Lipinski definition) is 0. The molecule has 0 aromatic carbocycles. The maximum atomic E-state index is 12.0. The molecule has 1 aromatic rings. The standard InChI is InChI=1S/C6H6BF3NO/c8-7(9,10)5-3-11-6(12-5)4-1-2-4/h3-4H,1-2H2/q-1. The summed E-state index contributed by atoms with van der Waals surface area (Å²) in [5, 5.41) is 0. The van der Waals surface area contributed by atoms with E-state index in [2.05, 4.69) is 9.40 Å². The Labute approximate surface area is 66.8 Å². The van der Waals surface area contributed by atoms with E-state index in [0.29, 0.717) is 0 Å². The summed E-state index contributed by atoms with van der Waals surface area (Å²) in [5.41, 5.74) is -0.933. The van der Waals surface area contributed by atoms with E-state index in [1.165, 1.54) is 0 Å². The maximum Gasteiger partial charge on any atom is 0.546 e. The first kappa shape index (κ1) is 7.70. The summed E-state index contributed by atoms with van der Waals surface area (Å²) >= 11 is 0. The van der Waals surface area contributed by atoms with Crippen LogP contribution in [0.25, 0.3) is 0 Å². The summed E-state index contributed by atoms with van der Waals surface area (Å²) in [6.07, 6.45) is 2.56. The molecule has 1 saturated carbocycles. The van der Waals surface area contributed by atoms with Gasteiger partial charge in [-0.3, -0.25) is 0 Å². The fourth-order valence-corrected chi connectivity index (χ4v) is 0.971. The molecule has 0 amide bonds. The molecule has 0 N–H and O–H groups in total. The molecule has 6 heteroatoms. The van der Waals surface area contributed by atoms with Crippen molar-refractivity contribution in [3.8, 4) is 0 Å². The average molecular weight is 176 g/mol. The van der Waals surface area contributed by atoms with Crippen LogP contribution in [0.1, 0.15) is 24.7 Å². The molecule has 66 valence electrons. The molecule has 2 nitrogen and oxygen atoms in total. The van der Waals surface area contributed by atoms with Crippen molar-refractivity contribution in [1.29, 1.82) is 0 Å². The molecule has 0 saturated heterocycles. The van der Waals surface area contributed by atoms with Crippen LogP contribution in [0.5, 0.6) is 0 Å². The molecule has 0 aliphatic heterocycles. The van der Waals surface area contributed by atoms with Gasteiger partial charge in [-0.2, -0.15) is 0 Å². The number of rotatable bonds is 2. The quantitative estimate of drug-likeness (QED) is 0.639. The van der Waals surface area contributed by atoms with Crippen LogP contribution in [0.3, 0.4) is 0 Å². The van der Waals surface area contributed by atoms with Crippen LogP contribution in [0.15, 0.2) is 10.6 Å². The zero-order chi connectivity index (χ0) is 8.77. The van der Waals surface area contributed by atoms with Gasteiger partial charge in [-0.1, -0.05) is 0 Å². The monoisotopic (exact) mass is 176 g/mol. The molecular weight excluding hydrogens is 170 g/mol. The van der Waals surface area contributed by atoms with E-state index in [0.717, 1.165) is 19.0 Å². The smallest absolute Gasteiger partial charge is 0.478 e. The molecule has 1 aliphatic rings. The van der Waals surface area contributed by atoms with Crippen LogP contribution in [-0.4, -0.2) is 12.0 Å². The topological polar surface area (TPSA) is 26.0 Å². The Bertz CT molecular complexity index is 291. The number of aromatic nitrogens is 1. The van der Waals surface area contributed by atoms with Crippen LogP contribution in [0, 0.1) is 0 Å². The van der Waals surface area contributed by atoms with Crippen molar-refractivity contribution < 1.29 is 17.4 Å². The number of hydrogen-bond acceptors (Lipinski definition) is 2. The first-order valence-corrected chi connectivity index (χ1v) is 3.73. The number of nitrogens with zero attached hydrogens (tertiary/aromatic N) is 1. The van der Waals surface area contributed by atoms with Crippen LogP contribution < -0.4 is 5.66 Å². The van der Waals surface area contributed by atoms with Crippen LogP contribution >= 0.6 is 0 Å². The summed E-state index contributed by atoms with van der Waals surface area (Å²) in [5.74, 6) is 0.376. The summed E-state index contributed by atoms with van der Waals surface area (Å²) < 4.78 is 40.6. The van der Waals surface area contributed by atoms with E-state index in [-0.39, 0.29) is 11.8 Å². The van der Waals surface area contributed by atoms with Crippen molar-refractivity contribution in [2.24, 2.45) is 0 Å². The molecule has 0 spiro atoms. The molecule has 0 atom stereocenters. The highest BCUT2D eigenvalue weighted by atomic mass is 19.4. The van der Waals surface area contributed by atoms with Crippen molar-refractivity contribution >= 4 is 12.6 Å². The summed E-state index contributed by atoms with van der Waals surface area (Å²) in [6, 6.07) is 0. The van der Waals surface area contributed by atoms with Gasteiger partial charge < -0.3 is 17.4 Å². The van der Waals surface area contributed by atoms with Crippen LogP contribution in [-0.2, 0) is 0 Å². The minimum Gasteiger partial charge on any atom is -0.478 e. The summed E-state index contributed by atoms with van der Waals surface area (Å²) in [7, 11) is 0. The van der Waals surface area contributed by atoms with Gasteiger partial charge in [0.05, 0.1) is 5.66 Å². The predicted octanol–water partition coefficient (Wildman–Crippen LogP) is 1.61. The molecule has 2 rings (SSSR count). The van der Waals surface area contributed by atoms with Gasteiger partial charge in [0, 0.05) is 12.1 Å². The van der Waals surface area contributed by atoms with Gasteiger partial charge in [0.25, 0.3) is 0 Å². The maximum absolute atomic E-state index is 12.0. The molecule has 1 fully saturated rings. The zero-order valence-electron chi connectivity index (χ0n) is 6.14. The van der Waals surface area contributed by atoms with Crippen molar-refractivity contribution in [1.82, 2.24) is 4.98 Å². The second kappa shape index (κ2) is 2.28. The van der Waals surface area contributed by atoms with Gasteiger partial charge in [0.15, 0.2) is 5.89 Å². The van der Waals surface area contributed by atoms with E-state index >= 15 is 0 Å². The van der Waals surface area contributed by atoms with E-state index in [9.17, 15) is 12.9 Å². The van der Waals surface area contributed by atoms with Crippen molar-refractivity contribution in [3.05, 3.63) is 12.1 Å². The van der Waals surface area contributed by atoms with Crippen LogP contribution in [0.4, 0.5) is 12.9 Å². The summed E-state index contributed by atoms with van der Waals surface area (Å²) in [6.45, 7) is -5.01. The van der Waals surface area contributed by atoms with E-state index in [1.807, 2.05) is 0 Å². The molecule has 0 unspecified atom stereocenters. The first-order chi connectivity index (χ1) is 5.57. The van der Waals surface area contributed by atoms with E-state index in [1.54, 1.807) is 0 Å². The molecule has 1 aromatic heterocycles. The third-order valence-corrected chi connectivity index (χ3v) is 1.79. The van der Waals surface area contributed by atoms with Gasteiger partial charge in [0.1, 0.15) is 0 Å². The lowest BCUT2D eigenvalue weighted by molar-refractivity contribution is 0.448. The van der Waals surface area contributed by atoms with Gasteiger partial charge >= 0.3 is 6.98 Å². The van der Waals surface area contributed by atoms with Gasteiger partial charge in [-0.05, 0) is 12.8 Å². The van der Waals surface area contributed by atoms with Crippen molar-refractivity contribution in [2.45, 2.75) is 18.8 Å².